The van der Waals surface area contributed by atoms with Gasteiger partial charge in [-0.15, -0.1) is 0 Å². The number of hydrogen-bond donors (Lipinski definition) is 0. The molecule has 3 nitrogen and oxygen atoms in total. The summed E-state index contributed by atoms with van der Waals surface area (Å²) in [6.07, 6.45) is 0. The van der Waals surface area contributed by atoms with Crippen molar-refractivity contribution < 1.29 is 4.42 Å². The molecule has 0 unspecified atom stereocenters. The molecule has 0 aliphatic rings. The predicted molar refractivity (Wildman–Crippen MR) is 188 cm³/mol. The second kappa shape index (κ2) is 10.3. The smallest absolute Gasteiger partial charge is 0.135 e. The Kier molecular flexibility index (Phi) is 5.82. The van der Waals surface area contributed by atoms with Gasteiger partial charge in [-0.3, -0.25) is 0 Å². The number of aromatic nitrogens is 1. The SMILES string of the molecule is c1ccc(N(c2ccccc2)c2cc3c4ccccc4n(-c4ccccc4)c3cc2-c2ccc3oc4ccccc4c3c2)cc1. The van der Waals surface area contributed by atoms with Crippen LogP contribution in [0.1, 0.15) is 0 Å². The molecule has 0 atom stereocenters. The van der Waals surface area contributed by atoms with Gasteiger partial charge in [0, 0.05) is 44.2 Å². The van der Waals surface area contributed by atoms with Crippen LogP contribution in [0.15, 0.2) is 174 Å². The van der Waals surface area contributed by atoms with Gasteiger partial charge in [0.05, 0.1) is 16.7 Å². The summed E-state index contributed by atoms with van der Waals surface area (Å²) < 4.78 is 8.62. The topological polar surface area (TPSA) is 21.3 Å². The highest BCUT2D eigenvalue weighted by Crippen LogP contribution is 2.46. The molecule has 0 N–H and O–H groups in total. The van der Waals surface area contributed by atoms with E-state index in [0.29, 0.717) is 0 Å². The van der Waals surface area contributed by atoms with Gasteiger partial charge in [0.2, 0.25) is 0 Å². The highest BCUT2D eigenvalue weighted by Gasteiger charge is 2.22. The van der Waals surface area contributed by atoms with Crippen molar-refractivity contribution in [2.45, 2.75) is 0 Å². The Labute approximate surface area is 260 Å². The average molecular weight is 577 g/mol. The van der Waals surface area contributed by atoms with Gasteiger partial charge in [-0.05, 0) is 78.4 Å². The summed E-state index contributed by atoms with van der Waals surface area (Å²) in [4.78, 5) is 2.38. The molecule has 45 heavy (non-hydrogen) atoms. The van der Waals surface area contributed by atoms with Crippen molar-refractivity contribution in [3.05, 3.63) is 170 Å². The predicted octanol–water partition coefficient (Wildman–Crippen LogP) is 11.8. The first-order valence-electron chi connectivity index (χ1n) is 15.3. The van der Waals surface area contributed by atoms with Crippen LogP contribution in [0.2, 0.25) is 0 Å². The summed E-state index contributed by atoms with van der Waals surface area (Å²) in [6.45, 7) is 0. The maximum Gasteiger partial charge on any atom is 0.135 e. The van der Waals surface area contributed by atoms with Crippen LogP contribution in [-0.4, -0.2) is 4.57 Å². The maximum absolute atomic E-state index is 6.23. The number of nitrogens with zero attached hydrogens (tertiary/aromatic N) is 2. The summed E-state index contributed by atoms with van der Waals surface area (Å²) >= 11 is 0. The molecular formula is C42H28N2O. The van der Waals surface area contributed by atoms with Gasteiger partial charge in [0.1, 0.15) is 11.2 Å². The Morgan fingerprint density at radius 1 is 0.422 bits per heavy atom. The van der Waals surface area contributed by atoms with Crippen LogP contribution in [0, 0.1) is 0 Å². The summed E-state index contributed by atoms with van der Waals surface area (Å²) in [5.41, 5.74) is 10.9. The highest BCUT2D eigenvalue weighted by molar-refractivity contribution is 6.14. The van der Waals surface area contributed by atoms with E-state index in [1.807, 2.05) is 12.1 Å². The lowest BCUT2D eigenvalue weighted by molar-refractivity contribution is 0.669. The lowest BCUT2D eigenvalue weighted by Gasteiger charge is -2.28. The number of benzene rings is 7. The fourth-order valence-corrected chi connectivity index (χ4v) is 6.75. The monoisotopic (exact) mass is 576 g/mol. The van der Waals surface area contributed by atoms with Crippen molar-refractivity contribution >= 4 is 60.8 Å². The number of rotatable bonds is 5. The molecule has 7 aromatic carbocycles. The molecule has 0 aliphatic heterocycles. The third kappa shape index (κ3) is 4.13. The second-order valence-corrected chi connectivity index (χ2v) is 11.4. The first-order valence-corrected chi connectivity index (χ1v) is 15.3. The molecule has 0 spiro atoms. The van der Waals surface area contributed by atoms with Gasteiger partial charge in [0.25, 0.3) is 0 Å². The van der Waals surface area contributed by atoms with E-state index >= 15 is 0 Å². The summed E-state index contributed by atoms with van der Waals surface area (Å²) in [5.74, 6) is 0. The van der Waals surface area contributed by atoms with Gasteiger partial charge >= 0.3 is 0 Å². The van der Waals surface area contributed by atoms with Crippen LogP contribution >= 0.6 is 0 Å². The van der Waals surface area contributed by atoms with Gasteiger partial charge < -0.3 is 13.9 Å². The molecule has 0 saturated carbocycles. The van der Waals surface area contributed by atoms with Crippen LogP contribution in [0.4, 0.5) is 17.1 Å². The van der Waals surface area contributed by atoms with Crippen molar-refractivity contribution in [3.63, 3.8) is 0 Å². The Bertz CT molecular complexity index is 2440. The number of furan rings is 1. The van der Waals surface area contributed by atoms with E-state index in [2.05, 4.69) is 167 Å². The van der Waals surface area contributed by atoms with Gasteiger partial charge in [-0.1, -0.05) is 97.1 Å². The first kappa shape index (κ1) is 25.4. The third-order valence-electron chi connectivity index (χ3n) is 8.76. The molecule has 9 aromatic rings. The molecule has 0 bridgehead atoms. The molecule has 9 rings (SSSR count). The Hall–Kier alpha value is -6.06. The molecule has 2 aromatic heterocycles. The van der Waals surface area contributed by atoms with Gasteiger partial charge in [0.15, 0.2) is 0 Å². The van der Waals surface area contributed by atoms with Crippen molar-refractivity contribution in [2.24, 2.45) is 0 Å². The van der Waals surface area contributed by atoms with E-state index in [1.165, 1.54) is 21.8 Å². The van der Waals surface area contributed by atoms with Gasteiger partial charge in [-0.25, -0.2) is 0 Å². The molecule has 0 radical (unpaired) electrons. The lowest BCUT2D eigenvalue weighted by atomic mass is 9.97. The zero-order chi connectivity index (χ0) is 29.7. The van der Waals surface area contributed by atoms with Gasteiger partial charge in [-0.2, -0.15) is 0 Å². The molecule has 0 amide bonds. The van der Waals surface area contributed by atoms with Crippen LogP contribution in [-0.2, 0) is 0 Å². The minimum Gasteiger partial charge on any atom is -0.456 e. The maximum atomic E-state index is 6.23. The fraction of sp³-hybridized carbons (Fsp3) is 0. The summed E-state index contributed by atoms with van der Waals surface area (Å²) in [5, 5.41) is 4.67. The zero-order valence-corrected chi connectivity index (χ0v) is 24.5. The number of para-hydroxylation sites is 5. The molecule has 2 heterocycles. The van der Waals surface area contributed by atoms with E-state index in [1.54, 1.807) is 0 Å². The molecule has 0 saturated heterocycles. The number of anilines is 3. The van der Waals surface area contributed by atoms with Crippen molar-refractivity contribution in [2.75, 3.05) is 4.90 Å². The number of fused-ring (bicyclic) bond motifs is 6. The van der Waals surface area contributed by atoms with E-state index in [9.17, 15) is 0 Å². The first-order chi connectivity index (χ1) is 22.3. The molecule has 0 aliphatic carbocycles. The van der Waals surface area contributed by atoms with E-state index < -0.39 is 0 Å². The largest absolute Gasteiger partial charge is 0.456 e. The van der Waals surface area contributed by atoms with Crippen LogP contribution in [0.3, 0.4) is 0 Å². The fourth-order valence-electron chi connectivity index (χ4n) is 6.75. The Morgan fingerprint density at radius 3 is 1.76 bits per heavy atom. The second-order valence-electron chi connectivity index (χ2n) is 11.4. The van der Waals surface area contributed by atoms with Crippen molar-refractivity contribution in [1.82, 2.24) is 4.57 Å². The highest BCUT2D eigenvalue weighted by atomic mass is 16.3. The molecule has 0 fully saturated rings. The van der Waals surface area contributed by atoms with E-state index in [0.717, 1.165) is 55.8 Å². The molecular weight excluding hydrogens is 548 g/mol. The van der Waals surface area contributed by atoms with Crippen LogP contribution in [0.25, 0.3) is 60.6 Å². The normalized spacial score (nSPS) is 11.6. The standard InChI is InChI=1S/C42H28N2O/c1-4-14-30(15-5-1)43(31-16-6-2-7-17-31)39-28-36-33-20-10-12-22-38(33)44(32-18-8-3-9-19-32)40(36)27-35(39)29-24-25-42-37(26-29)34-21-11-13-23-41(34)45-42/h1-28H. The van der Waals surface area contributed by atoms with Crippen molar-refractivity contribution in [1.29, 1.82) is 0 Å². The van der Waals surface area contributed by atoms with E-state index in [4.69, 9.17) is 4.42 Å². The lowest BCUT2D eigenvalue weighted by Crippen LogP contribution is -2.11. The average Bonchev–Trinajstić information content (AvgIpc) is 3.64. The van der Waals surface area contributed by atoms with E-state index in [-0.39, 0.29) is 0 Å². The minimum absolute atomic E-state index is 0.893. The Balaban J connectivity index is 1.42. The Morgan fingerprint density at radius 2 is 1.02 bits per heavy atom. The zero-order valence-electron chi connectivity index (χ0n) is 24.5. The van der Waals surface area contributed by atoms with Crippen LogP contribution in [0.5, 0.6) is 0 Å². The van der Waals surface area contributed by atoms with Crippen molar-refractivity contribution in [3.8, 4) is 16.8 Å². The number of hydrogen-bond acceptors (Lipinski definition) is 2. The summed E-state index contributed by atoms with van der Waals surface area (Å²) in [7, 11) is 0. The summed E-state index contributed by atoms with van der Waals surface area (Å²) in [6, 6.07) is 60.3. The molecule has 212 valence electrons. The van der Waals surface area contributed by atoms with Crippen LogP contribution < -0.4 is 4.90 Å². The quantitative estimate of drug-likeness (QED) is 0.203. The minimum atomic E-state index is 0.893. The molecule has 3 heteroatoms. The third-order valence-corrected chi connectivity index (χ3v) is 8.76.